The molecule has 6 nitrogen and oxygen atoms in total. The topological polar surface area (TPSA) is 89.0 Å². The molecule has 2 aliphatic heterocycles. The van der Waals surface area contributed by atoms with Gasteiger partial charge in [0.15, 0.2) is 11.6 Å². The van der Waals surface area contributed by atoms with Crippen molar-refractivity contribution in [3.63, 3.8) is 0 Å². The minimum atomic E-state index is -0.446. The molecule has 0 aromatic heterocycles. The van der Waals surface area contributed by atoms with Crippen LogP contribution in [-0.2, 0) is 18.9 Å². The molecule has 2 aliphatic rings. The second-order valence-electron chi connectivity index (χ2n) is 8.91. The maximum atomic E-state index is 5.84. The molecule has 2 fully saturated rings. The Bertz CT molecular complexity index is 389. The fourth-order valence-electron chi connectivity index (χ4n) is 3.31. The summed E-state index contributed by atoms with van der Waals surface area (Å²) >= 11 is 0. The molecule has 0 amide bonds. The van der Waals surface area contributed by atoms with E-state index in [1.807, 2.05) is 34.6 Å². The third-order valence-electron chi connectivity index (χ3n) is 4.10. The summed E-state index contributed by atoms with van der Waals surface area (Å²) < 4.78 is 22.1. The van der Waals surface area contributed by atoms with E-state index in [9.17, 15) is 0 Å². The van der Waals surface area contributed by atoms with Crippen LogP contribution in [0.2, 0.25) is 0 Å². The number of hydrogen-bond donors (Lipinski definition) is 2. The Morgan fingerprint density at radius 2 is 1.50 bits per heavy atom. The van der Waals surface area contributed by atoms with Crippen molar-refractivity contribution in [3.8, 4) is 0 Å². The van der Waals surface area contributed by atoms with Crippen molar-refractivity contribution in [3.05, 3.63) is 0 Å². The van der Waals surface area contributed by atoms with E-state index in [2.05, 4.69) is 13.8 Å². The highest BCUT2D eigenvalue weighted by Crippen LogP contribution is 2.34. The summed E-state index contributed by atoms with van der Waals surface area (Å²) in [6, 6.07) is 0. The largest absolute Gasteiger partial charge is 0.348 e. The third kappa shape index (κ3) is 7.76. The third-order valence-corrected chi connectivity index (χ3v) is 4.10. The van der Waals surface area contributed by atoms with E-state index in [-0.39, 0.29) is 17.1 Å². The highest BCUT2D eigenvalue weighted by molar-refractivity contribution is 4.82. The lowest BCUT2D eigenvalue weighted by Crippen LogP contribution is -2.42. The SMILES string of the molecule is CC(C)(N)CC1(C)OCCO1.CC1COC(C)(CC(C)(C)CN)O1. The van der Waals surface area contributed by atoms with Crippen LogP contribution in [0.3, 0.4) is 0 Å². The molecular formula is C18H38N2O4. The predicted molar refractivity (Wildman–Crippen MR) is 95.5 cm³/mol. The average Bonchev–Trinajstić information content (AvgIpc) is 2.94. The first kappa shape index (κ1) is 21.8. The van der Waals surface area contributed by atoms with Crippen LogP contribution in [0.5, 0.6) is 0 Å². The van der Waals surface area contributed by atoms with Gasteiger partial charge < -0.3 is 30.4 Å². The Morgan fingerprint density at radius 1 is 0.958 bits per heavy atom. The summed E-state index contributed by atoms with van der Waals surface area (Å²) in [6.45, 7) is 16.9. The van der Waals surface area contributed by atoms with Crippen molar-refractivity contribution in [1.29, 1.82) is 0 Å². The molecule has 0 aromatic carbocycles. The van der Waals surface area contributed by atoms with Gasteiger partial charge in [-0.3, -0.25) is 0 Å². The zero-order valence-corrected chi connectivity index (χ0v) is 16.6. The Morgan fingerprint density at radius 3 is 1.88 bits per heavy atom. The number of rotatable bonds is 5. The summed E-state index contributed by atoms with van der Waals surface area (Å²) in [5.74, 6) is -0.874. The normalized spacial score (nSPS) is 30.1. The molecule has 0 aliphatic carbocycles. The van der Waals surface area contributed by atoms with E-state index in [1.54, 1.807) is 0 Å². The predicted octanol–water partition coefficient (Wildman–Crippen LogP) is 2.39. The van der Waals surface area contributed by atoms with Crippen LogP contribution in [0.4, 0.5) is 0 Å². The maximum Gasteiger partial charge on any atom is 0.167 e. The first-order chi connectivity index (χ1) is 10.8. The first-order valence-electron chi connectivity index (χ1n) is 8.87. The molecule has 2 heterocycles. The van der Waals surface area contributed by atoms with Crippen LogP contribution in [0.25, 0.3) is 0 Å². The molecule has 0 spiro atoms. The van der Waals surface area contributed by atoms with Gasteiger partial charge in [0.2, 0.25) is 0 Å². The van der Waals surface area contributed by atoms with Gasteiger partial charge in [-0.2, -0.15) is 0 Å². The van der Waals surface area contributed by atoms with Gasteiger partial charge in [-0.1, -0.05) is 13.8 Å². The quantitative estimate of drug-likeness (QED) is 0.794. The van der Waals surface area contributed by atoms with Crippen molar-refractivity contribution in [2.75, 3.05) is 26.4 Å². The summed E-state index contributed by atoms with van der Waals surface area (Å²) in [5, 5.41) is 0. The lowest BCUT2D eigenvalue weighted by Gasteiger charge is -2.32. The lowest BCUT2D eigenvalue weighted by molar-refractivity contribution is -0.171. The number of ether oxygens (including phenoxy) is 4. The van der Waals surface area contributed by atoms with Crippen molar-refractivity contribution in [1.82, 2.24) is 0 Å². The average molecular weight is 347 g/mol. The Balaban J connectivity index is 0.000000243. The van der Waals surface area contributed by atoms with Crippen molar-refractivity contribution >= 4 is 0 Å². The van der Waals surface area contributed by atoms with E-state index in [0.29, 0.717) is 26.4 Å². The Hall–Kier alpha value is -0.240. The standard InChI is InChI=1S/C10H21NO2.C8H17NO2/c1-8-5-12-10(4,13-8)6-9(2,3)7-11;1-7(2,9)6-8(3)10-4-5-11-8/h8H,5-7,11H2,1-4H3;4-6,9H2,1-3H3. The van der Waals surface area contributed by atoms with Crippen molar-refractivity contribution in [2.45, 2.75) is 84.5 Å². The smallest absolute Gasteiger partial charge is 0.167 e. The minimum Gasteiger partial charge on any atom is -0.348 e. The molecule has 0 bridgehead atoms. The van der Waals surface area contributed by atoms with Gasteiger partial charge in [-0.15, -0.1) is 0 Å². The molecule has 0 radical (unpaired) electrons. The highest BCUT2D eigenvalue weighted by Gasteiger charge is 2.39. The second-order valence-corrected chi connectivity index (χ2v) is 8.91. The van der Waals surface area contributed by atoms with Crippen molar-refractivity contribution in [2.24, 2.45) is 16.9 Å². The summed E-state index contributed by atoms with van der Waals surface area (Å²) in [4.78, 5) is 0. The minimum absolute atomic E-state index is 0.0822. The maximum absolute atomic E-state index is 5.84. The van der Waals surface area contributed by atoms with Crippen LogP contribution in [-0.4, -0.2) is 49.6 Å². The van der Waals surface area contributed by atoms with Gasteiger partial charge in [0.1, 0.15) is 0 Å². The summed E-state index contributed by atoms with van der Waals surface area (Å²) in [7, 11) is 0. The van der Waals surface area contributed by atoms with Crippen molar-refractivity contribution < 1.29 is 18.9 Å². The molecule has 4 N–H and O–H groups in total. The summed E-state index contributed by atoms with van der Waals surface area (Å²) in [6.07, 6.45) is 1.79. The number of nitrogens with two attached hydrogens (primary N) is 2. The molecule has 2 atom stereocenters. The van der Waals surface area contributed by atoms with E-state index >= 15 is 0 Å². The van der Waals surface area contributed by atoms with Gasteiger partial charge in [-0.25, -0.2) is 0 Å². The summed E-state index contributed by atoms with van der Waals surface area (Å²) in [5.41, 5.74) is 11.4. The van der Waals surface area contributed by atoms with Crippen LogP contribution in [0, 0.1) is 5.41 Å². The zero-order valence-electron chi connectivity index (χ0n) is 16.6. The fraction of sp³-hybridized carbons (Fsp3) is 1.00. The molecule has 2 saturated heterocycles. The highest BCUT2D eigenvalue weighted by atomic mass is 16.7. The van der Waals surface area contributed by atoms with Gasteiger partial charge in [0.05, 0.1) is 25.9 Å². The van der Waals surface area contributed by atoms with Gasteiger partial charge in [0.25, 0.3) is 0 Å². The van der Waals surface area contributed by atoms with Gasteiger partial charge in [0, 0.05) is 18.4 Å². The molecule has 24 heavy (non-hydrogen) atoms. The Labute approximate surface area is 147 Å². The van der Waals surface area contributed by atoms with Crippen LogP contribution in [0.1, 0.15) is 61.3 Å². The molecular weight excluding hydrogens is 308 g/mol. The van der Waals surface area contributed by atoms with Gasteiger partial charge in [-0.05, 0) is 46.6 Å². The Kier molecular flexibility index (Phi) is 7.24. The second kappa shape index (κ2) is 7.98. The fourth-order valence-corrected chi connectivity index (χ4v) is 3.31. The molecule has 2 rings (SSSR count). The molecule has 0 aromatic rings. The van der Waals surface area contributed by atoms with Crippen LogP contribution < -0.4 is 11.5 Å². The van der Waals surface area contributed by atoms with E-state index in [0.717, 1.165) is 12.8 Å². The zero-order chi connectivity index (χ0) is 18.6. The first-order valence-corrected chi connectivity index (χ1v) is 8.87. The van der Waals surface area contributed by atoms with E-state index in [1.165, 1.54) is 0 Å². The monoisotopic (exact) mass is 346 g/mol. The number of hydrogen-bond acceptors (Lipinski definition) is 6. The molecule has 144 valence electrons. The molecule has 6 heteroatoms. The van der Waals surface area contributed by atoms with Gasteiger partial charge >= 0.3 is 0 Å². The molecule has 0 saturated carbocycles. The van der Waals surface area contributed by atoms with E-state index < -0.39 is 11.6 Å². The van der Waals surface area contributed by atoms with E-state index in [4.69, 9.17) is 30.4 Å². The van der Waals surface area contributed by atoms with Crippen LogP contribution in [0.15, 0.2) is 0 Å². The van der Waals surface area contributed by atoms with Crippen LogP contribution >= 0.6 is 0 Å². The lowest BCUT2D eigenvalue weighted by atomic mass is 9.86. The molecule has 2 unspecified atom stereocenters.